The number of imide groups is 2. The molecule has 2 N–H and O–H groups in total. The van der Waals surface area contributed by atoms with Crippen LogP contribution in [0.25, 0.3) is 6.08 Å². The maximum atomic E-state index is 12.9. The van der Waals surface area contributed by atoms with E-state index in [-0.39, 0.29) is 27.8 Å². The molecule has 1 aliphatic heterocycles. The molecule has 0 radical (unpaired) electrons. The number of halogens is 2. The Morgan fingerprint density at radius 1 is 1.25 bits per heavy atom. The van der Waals surface area contributed by atoms with Crippen molar-refractivity contribution in [2.75, 3.05) is 11.5 Å². The first kappa shape index (κ1) is 20.2. The van der Waals surface area contributed by atoms with Gasteiger partial charge in [-0.05, 0) is 65.4 Å². The number of phenols is 1. The Bertz CT molecular complexity index is 1020. The molecule has 0 aromatic heterocycles. The van der Waals surface area contributed by atoms with Crippen LogP contribution in [0.15, 0.2) is 42.0 Å². The molecule has 0 aliphatic carbocycles. The number of amides is 4. The summed E-state index contributed by atoms with van der Waals surface area (Å²) < 4.78 is 5.86. The third-order valence-electron chi connectivity index (χ3n) is 3.86. The monoisotopic (exact) mass is 512 g/mol. The van der Waals surface area contributed by atoms with Crippen LogP contribution in [0.3, 0.4) is 0 Å². The Hall–Kier alpha value is -2.59. The molecule has 0 saturated carbocycles. The highest BCUT2D eigenvalue weighted by Gasteiger charge is 2.37. The first-order valence-electron chi connectivity index (χ1n) is 8.14. The number of phenolic OH excluding ortho intramolecular Hbond substituents is 1. The van der Waals surface area contributed by atoms with Crippen LogP contribution in [0.4, 0.5) is 10.5 Å². The largest absolute Gasteiger partial charge is 0.504 e. The number of rotatable bonds is 4. The second-order valence-electron chi connectivity index (χ2n) is 5.69. The average molecular weight is 513 g/mol. The van der Waals surface area contributed by atoms with Crippen molar-refractivity contribution in [3.63, 3.8) is 0 Å². The molecule has 4 amide bonds. The minimum absolute atomic E-state index is 0.0307. The SMILES string of the molecule is CCOc1cc(/C=C2\C(=O)NC(=O)N(c3ccccc3Cl)C2=O)cc(I)c1O. The van der Waals surface area contributed by atoms with E-state index in [2.05, 4.69) is 5.32 Å². The van der Waals surface area contributed by atoms with Crippen LogP contribution >= 0.6 is 34.2 Å². The Kier molecular flexibility index (Phi) is 5.90. The van der Waals surface area contributed by atoms with E-state index < -0.39 is 17.8 Å². The predicted molar refractivity (Wildman–Crippen MR) is 112 cm³/mol. The number of nitrogens with one attached hydrogen (secondary N) is 1. The van der Waals surface area contributed by atoms with Crippen LogP contribution < -0.4 is 15.0 Å². The Morgan fingerprint density at radius 2 is 1.96 bits per heavy atom. The van der Waals surface area contributed by atoms with Gasteiger partial charge in [-0.1, -0.05) is 23.7 Å². The van der Waals surface area contributed by atoms with Gasteiger partial charge in [0.2, 0.25) is 0 Å². The van der Waals surface area contributed by atoms with E-state index >= 15 is 0 Å². The lowest BCUT2D eigenvalue weighted by atomic mass is 10.1. The van der Waals surface area contributed by atoms with E-state index in [0.29, 0.717) is 15.7 Å². The number of carbonyl (C=O) groups is 3. The summed E-state index contributed by atoms with van der Waals surface area (Å²) in [6.07, 6.45) is 1.33. The second kappa shape index (κ2) is 8.19. The van der Waals surface area contributed by atoms with Crippen molar-refractivity contribution in [3.05, 3.63) is 56.1 Å². The molecule has 0 unspecified atom stereocenters. The number of carbonyl (C=O) groups excluding carboxylic acids is 3. The lowest BCUT2D eigenvalue weighted by Crippen LogP contribution is -2.54. The molecule has 144 valence electrons. The van der Waals surface area contributed by atoms with E-state index in [4.69, 9.17) is 16.3 Å². The molecule has 28 heavy (non-hydrogen) atoms. The molecule has 1 aliphatic rings. The molecule has 9 heteroatoms. The van der Waals surface area contributed by atoms with Gasteiger partial charge in [-0.3, -0.25) is 14.9 Å². The first-order valence-corrected chi connectivity index (χ1v) is 9.60. The van der Waals surface area contributed by atoms with Gasteiger partial charge < -0.3 is 9.84 Å². The van der Waals surface area contributed by atoms with Crippen LogP contribution in [-0.4, -0.2) is 29.6 Å². The molecule has 0 spiro atoms. The van der Waals surface area contributed by atoms with Gasteiger partial charge in [-0.15, -0.1) is 0 Å². The third-order valence-corrected chi connectivity index (χ3v) is 5.00. The second-order valence-corrected chi connectivity index (χ2v) is 7.26. The van der Waals surface area contributed by atoms with Gasteiger partial charge in [0.1, 0.15) is 5.57 Å². The van der Waals surface area contributed by atoms with Crippen LogP contribution in [-0.2, 0) is 9.59 Å². The minimum atomic E-state index is -0.879. The lowest BCUT2D eigenvalue weighted by Gasteiger charge is -2.27. The number of benzene rings is 2. The molecule has 2 aromatic carbocycles. The van der Waals surface area contributed by atoms with Gasteiger partial charge in [0, 0.05) is 0 Å². The Morgan fingerprint density at radius 3 is 2.64 bits per heavy atom. The summed E-state index contributed by atoms with van der Waals surface area (Å²) in [6, 6.07) is 8.53. The molecule has 0 bridgehead atoms. The highest BCUT2D eigenvalue weighted by atomic mass is 127. The van der Waals surface area contributed by atoms with Gasteiger partial charge in [0.25, 0.3) is 11.8 Å². The van der Waals surface area contributed by atoms with Gasteiger partial charge >= 0.3 is 6.03 Å². The topological polar surface area (TPSA) is 95.9 Å². The van der Waals surface area contributed by atoms with Crippen LogP contribution in [0.5, 0.6) is 11.5 Å². The van der Waals surface area contributed by atoms with Crippen molar-refractivity contribution >= 4 is 63.8 Å². The first-order chi connectivity index (χ1) is 13.3. The molecule has 1 fully saturated rings. The normalized spacial score (nSPS) is 15.8. The van der Waals surface area contributed by atoms with E-state index in [1.807, 2.05) is 22.6 Å². The van der Waals surface area contributed by atoms with Gasteiger partial charge in [-0.2, -0.15) is 0 Å². The number of nitrogens with zero attached hydrogens (tertiary/aromatic N) is 1. The molecular formula is C19H14ClIN2O5. The molecule has 1 heterocycles. The fourth-order valence-electron chi connectivity index (χ4n) is 2.62. The maximum Gasteiger partial charge on any atom is 0.335 e. The smallest absolute Gasteiger partial charge is 0.335 e. The zero-order valence-electron chi connectivity index (χ0n) is 14.5. The minimum Gasteiger partial charge on any atom is -0.504 e. The lowest BCUT2D eigenvalue weighted by molar-refractivity contribution is -0.122. The fraction of sp³-hybridized carbons (Fsp3) is 0.105. The quantitative estimate of drug-likeness (QED) is 0.370. The number of ether oxygens (including phenoxy) is 1. The van der Waals surface area contributed by atoms with Crippen molar-refractivity contribution in [1.29, 1.82) is 0 Å². The van der Waals surface area contributed by atoms with Gasteiger partial charge in [0.05, 0.1) is 20.9 Å². The Balaban J connectivity index is 2.06. The zero-order chi connectivity index (χ0) is 20.4. The summed E-state index contributed by atoms with van der Waals surface area (Å²) in [5.41, 5.74) is 0.376. The molecule has 3 rings (SSSR count). The summed E-state index contributed by atoms with van der Waals surface area (Å²) in [6.45, 7) is 2.10. The highest BCUT2D eigenvalue weighted by molar-refractivity contribution is 14.1. The molecule has 2 aromatic rings. The Labute approximate surface area is 179 Å². The van der Waals surface area contributed by atoms with Crippen molar-refractivity contribution in [1.82, 2.24) is 5.32 Å². The standard InChI is InChI=1S/C19H14ClIN2O5/c1-2-28-15-9-10(8-13(21)16(15)24)7-11-17(25)22-19(27)23(18(11)26)14-6-4-3-5-12(14)20/h3-9,24H,2H2,1H3,(H,22,25,27)/b11-7+. The summed E-state index contributed by atoms with van der Waals surface area (Å²) in [5.74, 6) is -1.43. The number of barbiturate groups is 1. The summed E-state index contributed by atoms with van der Waals surface area (Å²) in [7, 11) is 0. The number of hydrogen-bond donors (Lipinski definition) is 2. The van der Waals surface area contributed by atoms with Crippen molar-refractivity contribution < 1.29 is 24.2 Å². The van der Waals surface area contributed by atoms with Crippen molar-refractivity contribution in [3.8, 4) is 11.5 Å². The van der Waals surface area contributed by atoms with Crippen LogP contribution in [0.1, 0.15) is 12.5 Å². The van der Waals surface area contributed by atoms with Gasteiger partial charge in [0.15, 0.2) is 11.5 Å². The predicted octanol–water partition coefficient (Wildman–Crippen LogP) is 3.72. The molecular weight excluding hydrogens is 499 g/mol. The number of hydrogen-bond acceptors (Lipinski definition) is 5. The maximum absolute atomic E-state index is 12.9. The van der Waals surface area contributed by atoms with Crippen molar-refractivity contribution in [2.24, 2.45) is 0 Å². The van der Waals surface area contributed by atoms with Crippen molar-refractivity contribution in [2.45, 2.75) is 6.92 Å². The zero-order valence-corrected chi connectivity index (χ0v) is 17.4. The highest BCUT2D eigenvalue weighted by Crippen LogP contribution is 2.34. The summed E-state index contributed by atoms with van der Waals surface area (Å²) >= 11 is 8.02. The number of urea groups is 1. The number of aromatic hydroxyl groups is 1. The van der Waals surface area contributed by atoms with E-state index in [1.165, 1.54) is 24.3 Å². The van der Waals surface area contributed by atoms with E-state index in [1.54, 1.807) is 25.1 Å². The third kappa shape index (κ3) is 3.83. The number of para-hydroxylation sites is 1. The molecule has 7 nitrogen and oxygen atoms in total. The average Bonchev–Trinajstić information content (AvgIpc) is 2.64. The summed E-state index contributed by atoms with van der Waals surface area (Å²) in [5, 5.41) is 12.4. The van der Waals surface area contributed by atoms with E-state index in [9.17, 15) is 19.5 Å². The summed E-state index contributed by atoms with van der Waals surface area (Å²) in [4.78, 5) is 38.2. The molecule has 0 atom stereocenters. The van der Waals surface area contributed by atoms with Crippen LogP contribution in [0, 0.1) is 3.57 Å². The van der Waals surface area contributed by atoms with Gasteiger partial charge in [-0.25, -0.2) is 9.69 Å². The van der Waals surface area contributed by atoms with E-state index in [0.717, 1.165) is 4.90 Å². The fourth-order valence-corrected chi connectivity index (χ4v) is 3.46. The molecule has 1 saturated heterocycles. The number of anilines is 1. The van der Waals surface area contributed by atoms with Crippen LogP contribution in [0.2, 0.25) is 5.02 Å².